The maximum atomic E-state index is 13.1. The Morgan fingerprint density at radius 2 is 1.75 bits per heavy atom. The number of hydrogen-bond acceptors (Lipinski definition) is 3. The number of carbonyl (C=O) groups excluding carboxylic acids is 1. The van der Waals surface area contributed by atoms with E-state index < -0.39 is 0 Å². The molecule has 0 unspecified atom stereocenters. The molecule has 5 heteroatoms. The van der Waals surface area contributed by atoms with Crippen LogP contribution in [-0.4, -0.2) is 40.9 Å². The van der Waals surface area contributed by atoms with Gasteiger partial charge in [-0.15, -0.1) is 0 Å². The van der Waals surface area contributed by atoms with Crippen molar-refractivity contribution in [1.82, 2.24) is 14.9 Å². The normalized spacial score (nSPS) is 14.9. The Morgan fingerprint density at radius 3 is 2.56 bits per heavy atom. The minimum absolute atomic E-state index is 0.00691. The third-order valence-corrected chi connectivity index (χ3v) is 7.51. The molecule has 180 valence electrons. The highest BCUT2D eigenvalue weighted by Gasteiger charge is 2.21. The van der Waals surface area contributed by atoms with Crippen molar-refractivity contribution < 1.29 is 4.79 Å². The van der Waals surface area contributed by atoms with Gasteiger partial charge in [-0.3, -0.25) is 9.78 Å². The van der Waals surface area contributed by atoms with Crippen LogP contribution in [0.1, 0.15) is 29.9 Å². The molecule has 1 saturated heterocycles. The topological polar surface area (TPSA) is 61.0 Å². The molecule has 0 atom stereocenters. The van der Waals surface area contributed by atoms with E-state index >= 15 is 0 Å². The summed E-state index contributed by atoms with van der Waals surface area (Å²) in [5.41, 5.74) is 6.63. The molecule has 0 radical (unpaired) electrons. The lowest BCUT2D eigenvalue weighted by Crippen LogP contribution is -2.29. The number of anilines is 1. The van der Waals surface area contributed by atoms with Gasteiger partial charge in [0.15, 0.2) is 0 Å². The number of amides is 1. The quantitative estimate of drug-likeness (QED) is 0.311. The summed E-state index contributed by atoms with van der Waals surface area (Å²) in [6.07, 6.45) is 8.44. The number of pyridine rings is 1. The summed E-state index contributed by atoms with van der Waals surface area (Å²) in [7, 11) is 2.19. The van der Waals surface area contributed by atoms with Crippen LogP contribution in [0.5, 0.6) is 0 Å². The fraction of sp³-hybridized carbons (Fsp3) is 0.226. The fourth-order valence-electron chi connectivity index (χ4n) is 5.55. The number of carbonyl (C=O) groups is 1. The second-order valence-electron chi connectivity index (χ2n) is 9.86. The minimum Gasteiger partial charge on any atom is -0.361 e. The third-order valence-electron chi connectivity index (χ3n) is 7.51. The lowest BCUT2D eigenvalue weighted by Gasteiger charge is -2.28. The van der Waals surface area contributed by atoms with Crippen molar-refractivity contribution >= 4 is 33.3 Å². The minimum atomic E-state index is -0.00691. The average Bonchev–Trinajstić information content (AvgIpc) is 3.33. The highest BCUT2D eigenvalue weighted by molar-refractivity contribution is 6.02. The van der Waals surface area contributed by atoms with Crippen molar-refractivity contribution in [3.8, 4) is 11.1 Å². The molecule has 3 heterocycles. The van der Waals surface area contributed by atoms with E-state index in [0.29, 0.717) is 12.3 Å². The van der Waals surface area contributed by atoms with Gasteiger partial charge in [-0.2, -0.15) is 0 Å². The van der Waals surface area contributed by atoms with Crippen LogP contribution in [0.15, 0.2) is 85.3 Å². The summed E-state index contributed by atoms with van der Waals surface area (Å²) in [6, 6.07) is 22.7. The number of fused-ring (bicyclic) bond motifs is 2. The van der Waals surface area contributed by atoms with Crippen molar-refractivity contribution in [1.29, 1.82) is 0 Å². The number of benzene rings is 3. The molecule has 2 aromatic heterocycles. The van der Waals surface area contributed by atoms with Crippen LogP contribution >= 0.6 is 0 Å². The zero-order chi connectivity index (χ0) is 24.5. The number of likely N-dealkylation sites (tertiary alicyclic amines) is 1. The molecule has 1 aliphatic heterocycles. The van der Waals surface area contributed by atoms with E-state index in [-0.39, 0.29) is 5.91 Å². The molecule has 1 amide bonds. The maximum Gasteiger partial charge on any atom is 0.228 e. The maximum absolute atomic E-state index is 13.1. The summed E-state index contributed by atoms with van der Waals surface area (Å²) < 4.78 is 0. The van der Waals surface area contributed by atoms with E-state index in [0.717, 1.165) is 51.8 Å². The Kier molecular flexibility index (Phi) is 5.99. The van der Waals surface area contributed by atoms with Gasteiger partial charge >= 0.3 is 0 Å². The molecule has 0 bridgehead atoms. The SMILES string of the molecule is CN1CCC(c2c[nH]c3ccc(NC(=O)Cc4ccc(-c5ccncc5)c5ccccc45)cc23)CC1. The Balaban J connectivity index is 1.24. The number of piperidine rings is 1. The molecule has 1 aliphatic rings. The molecule has 3 aromatic carbocycles. The first-order chi connectivity index (χ1) is 17.7. The van der Waals surface area contributed by atoms with E-state index in [9.17, 15) is 4.79 Å². The summed E-state index contributed by atoms with van der Waals surface area (Å²) >= 11 is 0. The van der Waals surface area contributed by atoms with Crippen LogP contribution in [0.2, 0.25) is 0 Å². The lowest BCUT2D eigenvalue weighted by molar-refractivity contribution is -0.115. The van der Waals surface area contributed by atoms with E-state index in [1.165, 1.54) is 23.8 Å². The number of hydrogen-bond donors (Lipinski definition) is 2. The molecule has 6 rings (SSSR count). The second-order valence-corrected chi connectivity index (χ2v) is 9.86. The van der Waals surface area contributed by atoms with E-state index in [4.69, 9.17) is 0 Å². The highest BCUT2D eigenvalue weighted by atomic mass is 16.1. The van der Waals surface area contributed by atoms with Crippen molar-refractivity contribution in [2.45, 2.75) is 25.2 Å². The van der Waals surface area contributed by atoms with Gasteiger partial charge in [0.1, 0.15) is 0 Å². The number of nitrogens with zero attached hydrogens (tertiary/aromatic N) is 2. The predicted octanol–water partition coefficient (Wildman–Crippen LogP) is 6.37. The van der Waals surface area contributed by atoms with Gasteiger partial charge in [0.2, 0.25) is 5.91 Å². The van der Waals surface area contributed by atoms with Gasteiger partial charge in [-0.1, -0.05) is 36.4 Å². The van der Waals surface area contributed by atoms with E-state index in [2.05, 4.69) is 69.8 Å². The first-order valence-electron chi connectivity index (χ1n) is 12.7. The molecule has 0 aliphatic carbocycles. The van der Waals surface area contributed by atoms with Crippen LogP contribution in [-0.2, 0) is 11.2 Å². The largest absolute Gasteiger partial charge is 0.361 e. The Morgan fingerprint density at radius 1 is 0.972 bits per heavy atom. The standard InChI is InChI=1S/C31H30N4O/c1-35-16-12-22(13-17-35)29-20-33-30-9-7-24(19-28(29)30)34-31(36)18-23-6-8-26(21-10-14-32-15-11-21)27-5-3-2-4-25(23)27/h2-11,14-15,19-20,22,33H,12-13,16-18H2,1H3,(H,34,36). The molecule has 5 aromatic rings. The number of H-pyrrole nitrogens is 1. The fourth-order valence-corrected chi connectivity index (χ4v) is 5.55. The Hall–Kier alpha value is -3.96. The molecule has 0 saturated carbocycles. The second kappa shape index (κ2) is 9.59. The van der Waals surface area contributed by atoms with Crippen molar-refractivity contribution in [2.75, 3.05) is 25.5 Å². The Bertz CT molecular complexity index is 1530. The number of nitrogens with one attached hydrogen (secondary N) is 2. The molecular weight excluding hydrogens is 444 g/mol. The van der Waals surface area contributed by atoms with Crippen LogP contribution in [0.25, 0.3) is 32.8 Å². The van der Waals surface area contributed by atoms with E-state index in [1.54, 1.807) is 0 Å². The van der Waals surface area contributed by atoms with Crippen molar-refractivity contribution in [2.24, 2.45) is 0 Å². The van der Waals surface area contributed by atoms with Crippen LogP contribution in [0.3, 0.4) is 0 Å². The van der Waals surface area contributed by atoms with Gasteiger partial charge in [0.25, 0.3) is 0 Å². The average molecular weight is 475 g/mol. The van der Waals surface area contributed by atoms with Gasteiger partial charge in [-0.05, 0) is 102 Å². The first-order valence-corrected chi connectivity index (χ1v) is 12.7. The smallest absolute Gasteiger partial charge is 0.228 e. The van der Waals surface area contributed by atoms with E-state index in [1.807, 2.05) is 42.7 Å². The number of rotatable bonds is 5. The number of aromatic nitrogens is 2. The van der Waals surface area contributed by atoms with Crippen molar-refractivity contribution in [3.05, 3.63) is 96.4 Å². The molecule has 0 spiro atoms. The molecule has 36 heavy (non-hydrogen) atoms. The summed E-state index contributed by atoms with van der Waals surface area (Å²) in [5, 5.41) is 6.62. The predicted molar refractivity (Wildman–Crippen MR) is 147 cm³/mol. The van der Waals surface area contributed by atoms with Gasteiger partial charge in [0.05, 0.1) is 6.42 Å². The highest BCUT2D eigenvalue weighted by Crippen LogP contribution is 2.34. The third kappa shape index (κ3) is 4.38. The first kappa shape index (κ1) is 22.5. The molecule has 1 fully saturated rings. The van der Waals surface area contributed by atoms with Crippen LogP contribution in [0, 0.1) is 0 Å². The molecular formula is C31H30N4O. The van der Waals surface area contributed by atoms with Crippen molar-refractivity contribution in [3.63, 3.8) is 0 Å². The Labute approximate surface area is 211 Å². The zero-order valence-electron chi connectivity index (χ0n) is 20.5. The van der Waals surface area contributed by atoms with Gasteiger partial charge in [0, 0.05) is 35.2 Å². The lowest BCUT2D eigenvalue weighted by atomic mass is 9.89. The number of aromatic amines is 1. The summed E-state index contributed by atoms with van der Waals surface area (Å²) in [4.78, 5) is 23.1. The summed E-state index contributed by atoms with van der Waals surface area (Å²) in [6.45, 7) is 2.25. The zero-order valence-corrected chi connectivity index (χ0v) is 20.5. The van der Waals surface area contributed by atoms with Crippen LogP contribution < -0.4 is 5.32 Å². The molecule has 2 N–H and O–H groups in total. The molecule has 5 nitrogen and oxygen atoms in total. The van der Waals surface area contributed by atoms with Gasteiger partial charge < -0.3 is 15.2 Å². The monoisotopic (exact) mass is 474 g/mol. The van der Waals surface area contributed by atoms with Gasteiger partial charge in [-0.25, -0.2) is 0 Å². The summed E-state index contributed by atoms with van der Waals surface area (Å²) in [5.74, 6) is 0.554. The van der Waals surface area contributed by atoms with Crippen LogP contribution in [0.4, 0.5) is 5.69 Å².